The Bertz CT molecular complexity index is 399. The molecule has 0 heterocycles. The molecule has 0 spiro atoms. The number of amides is 1. The topological polar surface area (TPSA) is 50.4 Å². The summed E-state index contributed by atoms with van der Waals surface area (Å²) in [5.41, 5.74) is 0.831. The van der Waals surface area contributed by atoms with Gasteiger partial charge in [-0.2, -0.15) is 0 Å². The number of benzene rings is 1. The van der Waals surface area contributed by atoms with Crippen molar-refractivity contribution in [1.29, 1.82) is 0 Å². The number of carbonyl (C=O) groups is 1. The molecular formula is C16H26N2O2. The third kappa shape index (κ3) is 7.14. The van der Waals surface area contributed by atoms with Crippen LogP contribution in [-0.2, 0) is 4.74 Å². The largest absolute Gasteiger partial charge is 0.444 e. The molecule has 112 valence electrons. The minimum atomic E-state index is -0.440. The lowest BCUT2D eigenvalue weighted by Gasteiger charge is -2.19. The van der Waals surface area contributed by atoms with Crippen LogP contribution in [0, 0.1) is 0 Å². The number of hydrogen-bond acceptors (Lipinski definition) is 3. The van der Waals surface area contributed by atoms with E-state index in [9.17, 15) is 4.79 Å². The van der Waals surface area contributed by atoms with E-state index in [0.717, 1.165) is 13.0 Å². The summed E-state index contributed by atoms with van der Waals surface area (Å²) in [5, 5.41) is 6.18. The van der Waals surface area contributed by atoms with E-state index in [2.05, 4.69) is 29.7 Å². The molecule has 1 rings (SSSR count). The van der Waals surface area contributed by atoms with E-state index in [1.165, 1.54) is 5.56 Å². The molecule has 4 nitrogen and oxygen atoms in total. The Hall–Kier alpha value is -1.55. The van der Waals surface area contributed by atoms with Crippen molar-refractivity contribution in [2.45, 2.75) is 45.8 Å². The first-order chi connectivity index (χ1) is 9.38. The average molecular weight is 278 g/mol. The second-order valence-corrected chi connectivity index (χ2v) is 5.87. The summed E-state index contributed by atoms with van der Waals surface area (Å²) in [4.78, 5) is 11.4. The van der Waals surface area contributed by atoms with Gasteiger partial charge in [-0.15, -0.1) is 0 Å². The minimum Gasteiger partial charge on any atom is -0.444 e. The van der Waals surface area contributed by atoms with Crippen molar-refractivity contribution >= 4 is 6.09 Å². The van der Waals surface area contributed by atoms with Crippen molar-refractivity contribution in [2.24, 2.45) is 0 Å². The van der Waals surface area contributed by atoms with Crippen LogP contribution in [0.1, 0.15) is 45.7 Å². The fourth-order valence-electron chi connectivity index (χ4n) is 1.77. The first-order valence-corrected chi connectivity index (χ1v) is 7.13. The highest BCUT2D eigenvalue weighted by atomic mass is 16.6. The van der Waals surface area contributed by atoms with Crippen molar-refractivity contribution in [1.82, 2.24) is 10.6 Å². The fraction of sp³-hybridized carbons (Fsp3) is 0.562. The van der Waals surface area contributed by atoms with E-state index in [1.54, 1.807) is 0 Å². The van der Waals surface area contributed by atoms with Crippen LogP contribution in [0.4, 0.5) is 4.79 Å². The quantitative estimate of drug-likeness (QED) is 0.785. The van der Waals surface area contributed by atoms with Crippen molar-refractivity contribution in [3.05, 3.63) is 35.9 Å². The average Bonchev–Trinajstić information content (AvgIpc) is 2.37. The Kier molecular flexibility index (Phi) is 6.52. The van der Waals surface area contributed by atoms with Gasteiger partial charge in [0.2, 0.25) is 0 Å². The van der Waals surface area contributed by atoms with Crippen molar-refractivity contribution in [2.75, 3.05) is 13.1 Å². The molecule has 1 aromatic carbocycles. The first kappa shape index (κ1) is 16.5. The molecule has 0 bridgehead atoms. The van der Waals surface area contributed by atoms with E-state index < -0.39 is 5.60 Å². The normalized spacial score (nSPS) is 12.8. The number of ether oxygens (including phenoxy) is 1. The zero-order valence-corrected chi connectivity index (χ0v) is 12.9. The fourth-order valence-corrected chi connectivity index (χ4v) is 1.77. The van der Waals surface area contributed by atoms with Crippen LogP contribution in [0.2, 0.25) is 0 Å². The summed E-state index contributed by atoms with van der Waals surface area (Å²) >= 11 is 0. The van der Waals surface area contributed by atoms with Crippen molar-refractivity contribution in [3.63, 3.8) is 0 Å². The van der Waals surface area contributed by atoms with E-state index in [1.807, 2.05) is 39.0 Å². The van der Waals surface area contributed by atoms with Crippen LogP contribution < -0.4 is 10.6 Å². The van der Waals surface area contributed by atoms with Crippen LogP contribution >= 0.6 is 0 Å². The van der Waals surface area contributed by atoms with Gasteiger partial charge in [-0.05, 0) is 46.2 Å². The summed E-state index contributed by atoms with van der Waals surface area (Å²) < 4.78 is 5.16. The van der Waals surface area contributed by atoms with E-state index in [4.69, 9.17) is 4.74 Å². The van der Waals surface area contributed by atoms with Gasteiger partial charge in [-0.1, -0.05) is 30.3 Å². The lowest BCUT2D eigenvalue weighted by atomic mass is 10.1. The maximum atomic E-state index is 11.4. The predicted molar refractivity (Wildman–Crippen MR) is 81.7 cm³/mol. The van der Waals surface area contributed by atoms with Gasteiger partial charge < -0.3 is 15.4 Å². The highest BCUT2D eigenvalue weighted by molar-refractivity contribution is 5.67. The van der Waals surface area contributed by atoms with E-state index in [-0.39, 0.29) is 6.09 Å². The van der Waals surface area contributed by atoms with Crippen molar-refractivity contribution < 1.29 is 9.53 Å². The molecule has 1 aromatic rings. The minimum absolute atomic E-state index is 0.317. The van der Waals surface area contributed by atoms with Gasteiger partial charge in [0.25, 0.3) is 0 Å². The zero-order valence-electron chi connectivity index (χ0n) is 12.9. The third-order valence-corrected chi connectivity index (χ3v) is 2.77. The van der Waals surface area contributed by atoms with Gasteiger partial charge >= 0.3 is 6.09 Å². The molecule has 0 aromatic heterocycles. The molecule has 0 saturated carbocycles. The van der Waals surface area contributed by atoms with Gasteiger partial charge in [0.15, 0.2) is 0 Å². The summed E-state index contributed by atoms with van der Waals surface area (Å²) in [6.07, 6.45) is 0.518. The molecule has 2 N–H and O–H groups in total. The molecule has 0 saturated heterocycles. The van der Waals surface area contributed by atoms with Gasteiger partial charge in [0.1, 0.15) is 5.60 Å². The Labute approximate surface area is 121 Å². The maximum Gasteiger partial charge on any atom is 0.407 e. The van der Waals surface area contributed by atoms with Crippen LogP contribution in [0.3, 0.4) is 0 Å². The number of alkyl carbamates (subject to hydrolysis) is 1. The molecular weight excluding hydrogens is 252 g/mol. The lowest BCUT2D eigenvalue weighted by Crippen LogP contribution is -2.34. The molecule has 0 aliphatic rings. The van der Waals surface area contributed by atoms with Gasteiger partial charge in [0, 0.05) is 12.6 Å². The molecule has 1 amide bonds. The SMILES string of the molecule is C[C@H](NCCCNC(=O)OC(C)(C)C)c1ccccc1. The standard InChI is InChI=1S/C16H26N2O2/c1-13(14-9-6-5-7-10-14)17-11-8-12-18-15(19)20-16(2,3)4/h5-7,9-10,13,17H,8,11-12H2,1-4H3,(H,18,19)/t13-/m0/s1. The molecule has 1 atom stereocenters. The Morgan fingerprint density at radius 2 is 1.85 bits per heavy atom. The molecule has 0 aliphatic carbocycles. The smallest absolute Gasteiger partial charge is 0.407 e. The Morgan fingerprint density at radius 3 is 2.45 bits per heavy atom. The number of nitrogens with one attached hydrogen (secondary N) is 2. The second-order valence-electron chi connectivity index (χ2n) is 5.87. The number of hydrogen-bond donors (Lipinski definition) is 2. The Balaban J connectivity index is 2.12. The van der Waals surface area contributed by atoms with Crippen LogP contribution in [0.15, 0.2) is 30.3 Å². The van der Waals surface area contributed by atoms with Gasteiger partial charge in [0.05, 0.1) is 0 Å². The molecule has 0 fully saturated rings. The van der Waals surface area contributed by atoms with Crippen LogP contribution in [-0.4, -0.2) is 24.8 Å². The highest BCUT2D eigenvalue weighted by Gasteiger charge is 2.15. The number of carbonyl (C=O) groups excluding carboxylic acids is 1. The van der Waals surface area contributed by atoms with Crippen LogP contribution in [0.5, 0.6) is 0 Å². The molecule has 20 heavy (non-hydrogen) atoms. The van der Waals surface area contributed by atoms with E-state index in [0.29, 0.717) is 12.6 Å². The zero-order chi connectivity index (χ0) is 15.0. The number of rotatable bonds is 6. The lowest BCUT2D eigenvalue weighted by molar-refractivity contribution is 0.0527. The van der Waals surface area contributed by atoms with Gasteiger partial charge in [-0.3, -0.25) is 0 Å². The first-order valence-electron chi connectivity index (χ1n) is 7.13. The molecule has 4 heteroatoms. The van der Waals surface area contributed by atoms with Gasteiger partial charge in [-0.25, -0.2) is 4.79 Å². The Morgan fingerprint density at radius 1 is 1.20 bits per heavy atom. The summed E-state index contributed by atoms with van der Waals surface area (Å²) in [6, 6.07) is 10.6. The summed E-state index contributed by atoms with van der Waals surface area (Å²) in [6.45, 7) is 9.17. The summed E-state index contributed by atoms with van der Waals surface area (Å²) in [5.74, 6) is 0. The maximum absolute atomic E-state index is 11.4. The molecule has 0 unspecified atom stereocenters. The summed E-state index contributed by atoms with van der Waals surface area (Å²) in [7, 11) is 0. The van der Waals surface area contributed by atoms with Crippen LogP contribution in [0.25, 0.3) is 0 Å². The van der Waals surface area contributed by atoms with E-state index >= 15 is 0 Å². The second kappa shape index (κ2) is 7.90. The molecule has 0 radical (unpaired) electrons. The highest BCUT2D eigenvalue weighted by Crippen LogP contribution is 2.10. The van der Waals surface area contributed by atoms with Crippen molar-refractivity contribution in [3.8, 4) is 0 Å². The third-order valence-electron chi connectivity index (χ3n) is 2.77. The molecule has 0 aliphatic heterocycles. The monoisotopic (exact) mass is 278 g/mol. The predicted octanol–water partition coefficient (Wildman–Crippen LogP) is 3.25.